The summed E-state index contributed by atoms with van der Waals surface area (Å²) in [5.74, 6) is -1.31. The predicted octanol–water partition coefficient (Wildman–Crippen LogP) is 4.79. The van der Waals surface area contributed by atoms with Crippen LogP contribution in [0.3, 0.4) is 0 Å². The van der Waals surface area contributed by atoms with Gasteiger partial charge in [0.1, 0.15) is 16.5 Å². The number of pyridine rings is 1. The van der Waals surface area contributed by atoms with Crippen LogP contribution in [0.5, 0.6) is 0 Å². The summed E-state index contributed by atoms with van der Waals surface area (Å²) in [7, 11) is -3.66. The lowest BCUT2D eigenvalue weighted by Gasteiger charge is -2.34. The Balaban J connectivity index is 3.64. The number of aromatic nitrogens is 1. The molecule has 0 spiro atoms. The second-order valence-electron chi connectivity index (χ2n) is 8.55. The summed E-state index contributed by atoms with van der Waals surface area (Å²) in [6, 6.07) is 3.15. The van der Waals surface area contributed by atoms with Gasteiger partial charge in [-0.05, 0) is 48.8 Å². The average Bonchev–Trinajstić information content (AvgIpc) is 2.67. The predicted molar refractivity (Wildman–Crippen MR) is 129 cm³/mol. The number of hydrogen-bond acceptors (Lipinski definition) is 4. The van der Waals surface area contributed by atoms with Gasteiger partial charge < -0.3 is 4.74 Å². The van der Waals surface area contributed by atoms with Crippen LogP contribution in [-0.2, 0) is 20.5 Å². The molecule has 172 valence electrons. The minimum atomic E-state index is -2.16. The van der Waals surface area contributed by atoms with Gasteiger partial charge in [0.25, 0.3) is 0 Å². The van der Waals surface area contributed by atoms with Gasteiger partial charge in [-0.1, -0.05) is 45.8 Å². The van der Waals surface area contributed by atoms with Crippen molar-refractivity contribution in [3.05, 3.63) is 22.2 Å². The smallest absolute Gasteiger partial charge is 0.324 e. The van der Waals surface area contributed by atoms with Gasteiger partial charge in [0.2, 0.25) is 0 Å². The molecule has 1 aromatic heterocycles. The largest absolute Gasteiger partial charge is 0.465 e. The van der Waals surface area contributed by atoms with E-state index in [1.165, 1.54) is 6.07 Å². The Bertz CT molecular complexity index is 761. The molecule has 0 aliphatic carbocycles. The molecule has 0 bridgehead atoms. The number of esters is 1. The maximum absolute atomic E-state index is 15.4. The molecular weight excluding hydrogens is 487 g/mol. The molecule has 0 aliphatic rings. The number of ether oxygens (including phenoxy) is 1. The lowest BCUT2D eigenvalue weighted by molar-refractivity contribution is -0.145. The van der Waals surface area contributed by atoms with Crippen molar-refractivity contribution in [3.63, 3.8) is 0 Å². The molecule has 1 rings (SSSR count). The molecule has 0 radical (unpaired) electrons. The Morgan fingerprint density at radius 2 is 1.80 bits per heavy atom. The highest BCUT2D eigenvalue weighted by Crippen LogP contribution is 2.29. The van der Waals surface area contributed by atoms with Crippen molar-refractivity contribution in [2.75, 3.05) is 6.61 Å². The third-order valence-corrected chi connectivity index (χ3v) is 13.4. The number of hydrogen-bond donors (Lipinski definition) is 1. The third-order valence-electron chi connectivity index (χ3n) is 5.79. The van der Waals surface area contributed by atoms with Crippen molar-refractivity contribution in [1.29, 1.82) is 0 Å². The minimum absolute atomic E-state index is 0.205. The summed E-state index contributed by atoms with van der Waals surface area (Å²) in [5.41, 5.74) is 0.551. The third kappa shape index (κ3) is 6.20. The first-order valence-corrected chi connectivity index (χ1v) is 15.2. The molecule has 3 atom stereocenters. The van der Waals surface area contributed by atoms with Crippen molar-refractivity contribution < 1.29 is 18.1 Å². The first-order valence-electron chi connectivity index (χ1n) is 10.6. The first-order chi connectivity index (χ1) is 13.9. The van der Waals surface area contributed by atoms with Crippen LogP contribution in [0.1, 0.15) is 67.0 Å². The van der Waals surface area contributed by atoms with Gasteiger partial charge in [0, 0.05) is 17.7 Å². The Hall–Kier alpha value is -0.643. The van der Waals surface area contributed by atoms with Crippen LogP contribution in [0, 0.1) is 5.82 Å². The molecule has 9 heteroatoms. The molecule has 1 N–H and O–H groups in total. The lowest BCUT2D eigenvalue weighted by Crippen LogP contribution is -2.53. The van der Waals surface area contributed by atoms with Gasteiger partial charge in [0.05, 0.1) is 30.4 Å². The van der Waals surface area contributed by atoms with Crippen molar-refractivity contribution in [1.82, 2.24) is 9.71 Å². The molecule has 0 aliphatic heterocycles. The second-order valence-corrected chi connectivity index (χ2v) is 16.5. The zero-order valence-electron chi connectivity index (χ0n) is 19.4. The fourth-order valence-electron chi connectivity index (χ4n) is 3.67. The summed E-state index contributed by atoms with van der Waals surface area (Å²) in [5, 5.41) is 0.670. The topological polar surface area (TPSA) is 68.3 Å². The molecule has 0 aromatic carbocycles. The number of nitrogens with zero attached hydrogens (tertiary/aromatic N) is 1. The van der Waals surface area contributed by atoms with Gasteiger partial charge in [0.15, 0.2) is 0 Å². The molecule has 30 heavy (non-hydrogen) atoms. The molecule has 1 heterocycles. The van der Waals surface area contributed by atoms with Crippen molar-refractivity contribution >= 4 is 46.1 Å². The van der Waals surface area contributed by atoms with E-state index in [1.807, 2.05) is 27.7 Å². The second kappa shape index (κ2) is 11.3. The molecule has 0 saturated carbocycles. The lowest BCUT2D eigenvalue weighted by atomic mass is 9.98. The zero-order valence-corrected chi connectivity index (χ0v) is 22.8. The fourth-order valence-corrected chi connectivity index (χ4v) is 8.92. The van der Waals surface area contributed by atoms with Crippen LogP contribution in [0.2, 0.25) is 18.1 Å². The summed E-state index contributed by atoms with van der Waals surface area (Å²) >= 11 is 3.32. The summed E-state index contributed by atoms with van der Waals surface area (Å²) in [6.07, 6.45) is 0. The maximum Gasteiger partial charge on any atom is 0.324 e. The van der Waals surface area contributed by atoms with Crippen molar-refractivity contribution in [2.24, 2.45) is 0 Å². The number of nitrogens with one attached hydrogen (secondary N) is 1. The van der Waals surface area contributed by atoms with E-state index < -0.39 is 41.7 Å². The van der Waals surface area contributed by atoms with Crippen LogP contribution in [0.4, 0.5) is 4.39 Å². The van der Waals surface area contributed by atoms with E-state index in [0.29, 0.717) is 15.5 Å². The van der Waals surface area contributed by atoms with Gasteiger partial charge in [-0.15, -0.1) is 0 Å². The van der Waals surface area contributed by atoms with E-state index >= 15 is 4.39 Å². The Kier molecular flexibility index (Phi) is 10.3. The first kappa shape index (κ1) is 27.4. The fraction of sp³-hybridized carbons (Fsp3) is 0.714. The molecule has 0 amide bonds. The van der Waals surface area contributed by atoms with Gasteiger partial charge in [-0.2, -0.15) is 0 Å². The monoisotopic (exact) mass is 522 g/mol. The van der Waals surface area contributed by atoms with E-state index in [2.05, 4.69) is 46.4 Å². The minimum Gasteiger partial charge on any atom is -0.465 e. The normalized spacial score (nSPS) is 15.5. The molecule has 5 nitrogen and oxygen atoms in total. The standard InChI is InChI=1S/C21H36BrFN2O3SSi/c1-9-28-20(26)18(25-29(27)21(6,7)8)14(5)17-19(15(23)13-16(22)24-17)30(10-2,11-3)12-4/h13-14,18,25H,9-12H2,1-8H3/t14?,18-,29+/m0/s1. The van der Waals surface area contributed by atoms with E-state index in [1.54, 1.807) is 6.92 Å². The maximum atomic E-state index is 15.4. The van der Waals surface area contributed by atoms with Gasteiger partial charge >= 0.3 is 5.97 Å². The van der Waals surface area contributed by atoms with Crippen LogP contribution in [-0.4, -0.2) is 40.6 Å². The quantitative estimate of drug-likeness (QED) is 0.272. The summed E-state index contributed by atoms with van der Waals surface area (Å²) in [4.78, 5) is 17.5. The van der Waals surface area contributed by atoms with Crippen LogP contribution in [0.15, 0.2) is 10.7 Å². The van der Waals surface area contributed by atoms with E-state index in [-0.39, 0.29) is 12.4 Å². The highest BCUT2D eigenvalue weighted by atomic mass is 79.9. The number of halogens is 2. The average molecular weight is 524 g/mol. The van der Waals surface area contributed by atoms with Gasteiger partial charge in [-0.25, -0.2) is 18.3 Å². The van der Waals surface area contributed by atoms with Crippen LogP contribution < -0.4 is 9.91 Å². The number of carbonyl (C=O) groups excluding carboxylic acids is 1. The molecule has 0 saturated heterocycles. The molecule has 0 fully saturated rings. The van der Waals surface area contributed by atoms with E-state index in [0.717, 1.165) is 18.1 Å². The Labute approximate surface area is 192 Å². The van der Waals surface area contributed by atoms with Crippen molar-refractivity contribution in [2.45, 2.75) is 90.2 Å². The van der Waals surface area contributed by atoms with Gasteiger partial charge in [-0.3, -0.25) is 4.79 Å². The zero-order chi connectivity index (χ0) is 23.3. The van der Waals surface area contributed by atoms with Crippen molar-refractivity contribution in [3.8, 4) is 0 Å². The number of carbonyl (C=O) groups is 1. The molecule has 1 unspecified atom stereocenters. The molecule has 1 aromatic rings. The van der Waals surface area contributed by atoms with Crippen LogP contribution in [0.25, 0.3) is 0 Å². The Morgan fingerprint density at radius 3 is 2.23 bits per heavy atom. The number of rotatable bonds is 10. The highest BCUT2D eigenvalue weighted by Gasteiger charge is 2.40. The summed E-state index contributed by atoms with van der Waals surface area (Å²) < 4.78 is 36.2. The van der Waals surface area contributed by atoms with Crippen LogP contribution >= 0.6 is 15.9 Å². The summed E-state index contributed by atoms with van der Waals surface area (Å²) in [6.45, 7) is 15.5. The van der Waals surface area contributed by atoms with E-state index in [9.17, 15) is 9.00 Å². The van der Waals surface area contributed by atoms with E-state index in [4.69, 9.17) is 4.74 Å². The highest BCUT2D eigenvalue weighted by molar-refractivity contribution is 9.10. The molecular formula is C21H36BrFN2O3SSi. The SMILES string of the molecule is CCOC(=O)[C@@H](N[S@](=O)C(C)(C)C)C(C)c1nc(Br)cc(F)c1[Si](CC)(CC)CC. The Morgan fingerprint density at radius 1 is 1.27 bits per heavy atom.